The summed E-state index contributed by atoms with van der Waals surface area (Å²) in [7, 11) is 3.17. The Morgan fingerprint density at radius 1 is 0.833 bits per heavy atom. The summed E-state index contributed by atoms with van der Waals surface area (Å²) in [6, 6.07) is 20.8. The van der Waals surface area contributed by atoms with E-state index in [0.717, 1.165) is 5.43 Å². The summed E-state index contributed by atoms with van der Waals surface area (Å²) in [6.07, 6.45) is 0. The smallest absolute Gasteiger partial charge is 0.119 e. The Morgan fingerprint density at radius 2 is 1.39 bits per heavy atom. The van der Waals surface area contributed by atoms with Crippen molar-refractivity contribution in [1.29, 1.82) is 0 Å². The van der Waals surface area contributed by atoms with E-state index in [1.165, 1.54) is 24.7 Å². The van der Waals surface area contributed by atoms with Crippen molar-refractivity contribution in [3.63, 3.8) is 0 Å². The molecule has 0 fully saturated rings. The van der Waals surface area contributed by atoms with E-state index < -0.39 is 0 Å². The first-order chi connectivity index (χ1) is 8.84. The summed E-state index contributed by atoms with van der Waals surface area (Å²) in [4.78, 5) is 0. The Labute approximate surface area is 108 Å². The molecule has 0 radical (unpaired) electrons. The molecular formula is C15H13N2P. The molecule has 0 spiro atoms. The lowest BCUT2D eigenvalue weighted by molar-refractivity contribution is 0.780. The maximum atomic E-state index is 4.62. The van der Waals surface area contributed by atoms with Gasteiger partial charge in [-0.15, -0.1) is 0 Å². The van der Waals surface area contributed by atoms with E-state index in [0.29, 0.717) is 0 Å². The Hall–Kier alpha value is -1.92. The van der Waals surface area contributed by atoms with Crippen LogP contribution in [-0.4, -0.2) is 9.78 Å². The van der Waals surface area contributed by atoms with E-state index in [4.69, 9.17) is 0 Å². The summed E-state index contributed by atoms with van der Waals surface area (Å²) >= 11 is 0. The number of aryl methyl sites for hydroxylation is 1. The fourth-order valence-corrected chi connectivity index (χ4v) is 3.06. The summed E-state index contributed by atoms with van der Waals surface area (Å²) in [5, 5.41) is 4.62. The molecule has 0 atom stereocenters. The number of rotatable bonds is 2. The number of benzene rings is 2. The Bertz CT molecular complexity index is 645. The number of aromatic nitrogens is 2. The normalized spacial score (nSPS) is 10.9. The van der Waals surface area contributed by atoms with Gasteiger partial charge in [0.15, 0.2) is 0 Å². The molecule has 3 aromatic rings. The molecule has 18 heavy (non-hydrogen) atoms. The minimum Gasteiger partial charge on any atom is -0.262 e. The van der Waals surface area contributed by atoms with E-state index in [1.807, 2.05) is 36.0 Å². The van der Waals surface area contributed by atoms with Crippen molar-refractivity contribution in [3.05, 3.63) is 60.7 Å². The molecule has 0 aliphatic carbocycles. The van der Waals surface area contributed by atoms with E-state index in [1.54, 1.807) is 0 Å². The minimum absolute atomic E-state index is 1.11. The third kappa shape index (κ3) is 2.07. The molecule has 0 aliphatic heterocycles. The maximum absolute atomic E-state index is 4.62. The van der Waals surface area contributed by atoms with Crippen LogP contribution in [0.2, 0.25) is 0 Å². The highest BCUT2D eigenvalue weighted by Crippen LogP contribution is 2.35. The summed E-state index contributed by atoms with van der Waals surface area (Å²) < 4.78 is 1.97. The molecule has 0 saturated carbocycles. The molecule has 0 bridgehead atoms. The topological polar surface area (TPSA) is 17.8 Å². The summed E-state index contributed by atoms with van der Waals surface area (Å²) in [5.41, 5.74) is 4.76. The fourth-order valence-electron chi connectivity index (χ4n) is 1.93. The van der Waals surface area contributed by atoms with Crippen molar-refractivity contribution >= 4 is 8.19 Å². The van der Waals surface area contributed by atoms with Crippen LogP contribution in [0.5, 0.6) is 0 Å². The van der Waals surface area contributed by atoms with Crippen LogP contribution < -0.4 is 0 Å². The van der Waals surface area contributed by atoms with E-state index in [2.05, 4.69) is 41.5 Å². The molecule has 1 aromatic heterocycles. The molecule has 0 unspecified atom stereocenters. The van der Waals surface area contributed by atoms with Crippen molar-refractivity contribution in [3.8, 4) is 22.0 Å². The highest BCUT2D eigenvalue weighted by atomic mass is 31.0. The van der Waals surface area contributed by atoms with Crippen LogP contribution >= 0.6 is 8.19 Å². The third-order valence-corrected chi connectivity index (χ3v) is 4.15. The highest BCUT2D eigenvalue weighted by Gasteiger charge is 2.09. The molecule has 2 aromatic carbocycles. The first-order valence-electron chi connectivity index (χ1n) is 5.86. The van der Waals surface area contributed by atoms with Crippen LogP contribution in [0, 0.1) is 0 Å². The lowest BCUT2D eigenvalue weighted by Crippen LogP contribution is -1.93. The van der Waals surface area contributed by atoms with Crippen LogP contribution in [0.1, 0.15) is 0 Å². The second kappa shape index (κ2) is 4.75. The van der Waals surface area contributed by atoms with Crippen molar-refractivity contribution in [2.24, 2.45) is 7.05 Å². The zero-order valence-electron chi connectivity index (χ0n) is 10.1. The lowest BCUT2D eigenvalue weighted by Gasteiger charge is -1.98. The van der Waals surface area contributed by atoms with Gasteiger partial charge in [-0.25, -0.2) is 0 Å². The van der Waals surface area contributed by atoms with Gasteiger partial charge in [0.2, 0.25) is 0 Å². The van der Waals surface area contributed by atoms with E-state index >= 15 is 0 Å². The number of hydrogen-bond donors (Lipinski definition) is 0. The summed E-state index contributed by atoms with van der Waals surface area (Å²) in [6.45, 7) is 0. The van der Waals surface area contributed by atoms with Gasteiger partial charge >= 0.3 is 0 Å². The lowest BCUT2D eigenvalue weighted by atomic mass is 10.2. The Kier molecular flexibility index (Phi) is 2.95. The van der Waals surface area contributed by atoms with Crippen molar-refractivity contribution in [2.75, 3.05) is 0 Å². The molecule has 3 rings (SSSR count). The quantitative estimate of drug-likeness (QED) is 0.663. The Morgan fingerprint density at radius 3 is 2.00 bits per heavy atom. The second-order valence-corrected chi connectivity index (χ2v) is 5.19. The minimum atomic E-state index is 1.11. The van der Waals surface area contributed by atoms with E-state index in [-0.39, 0.29) is 0 Å². The van der Waals surface area contributed by atoms with Gasteiger partial charge in [-0.3, -0.25) is 4.68 Å². The fraction of sp³-hybridized carbons (Fsp3) is 0.0667. The zero-order chi connectivity index (χ0) is 12.4. The average Bonchev–Trinajstić information content (AvgIpc) is 2.83. The third-order valence-electron chi connectivity index (χ3n) is 2.83. The first kappa shape index (κ1) is 11.2. The van der Waals surface area contributed by atoms with Gasteiger partial charge in [-0.2, -0.15) is 5.10 Å². The molecule has 2 nitrogen and oxygen atoms in total. The predicted octanol–water partition coefficient (Wildman–Crippen LogP) is 4.33. The van der Waals surface area contributed by atoms with Gasteiger partial charge < -0.3 is 0 Å². The van der Waals surface area contributed by atoms with Crippen LogP contribution in [0.4, 0.5) is 0 Å². The molecule has 0 amide bonds. The predicted molar refractivity (Wildman–Crippen MR) is 76.6 cm³/mol. The molecule has 0 aliphatic rings. The van der Waals surface area contributed by atoms with Gasteiger partial charge in [-0.1, -0.05) is 60.7 Å². The van der Waals surface area contributed by atoms with Crippen molar-refractivity contribution < 1.29 is 0 Å². The van der Waals surface area contributed by atoms with Crippen LogP contribution in [-0.2, 0) is 7.05 Å². The highest BCUT2D eigenvalue weighted by molar-refractivity contribution is 7.37. The number of hydrogen-bond acceptors (Lipinski definition) is 1. The van der Waals surface area contributed by atoms with Crippen molar-refractivity contribution in [1.82, 2.24) is 9.78 Å². The van der Waals surface area contributed by atoms with Gasteiger partial charge in [0, 0.05) is 18.2 Å². The van der Waals surface area contributed by atoms with Gasteiger partial charge in [0.25, 0.3) is 0 Å². The van der Waals surface area contributed by atoms with Gasteiger partial charge in [0.1, 0.15) is 5.43 Å². The molecule has 0 saturated heterocycles. The number of nitrogens with zero attached hydrogens (tertiary/aromatic N) is 2. The molecule has 3 heteroatoms. The first-order valence-corrected chi connectivity index (χ1v) is 6.76. The Balaban J connectivity index is 2.07. The molecule has 0 N–H and O–H groups in total. The van der Waals surface area contributed by atoms with Crippen LogP contribution in [0.15, 0.2) is 60.7 Å². The maximum Gasteiger partial charge on any atom is 0.119 e. The largest absolute Gasteiger partial charge is 0.262 e. The van der Waals surface area contributed by atoms with E-state index in [9.17, 15) is 0 Å². The second-order valence-electron chi connectivity index (χ2n) is 4.11. The molecule has 88 valence electrons. The molecule has 1 heterocycles. The standard InChI is InChI=1S/C15H13N2P/c1-17-15(13-10-6-3-7-11-13)18-14(16-17)12-8-4-2-5-9-12/h2-11H,1H3. The zero-order valence-corrected chi connectivity index (χ0v) is 11.0. The van der Waals surface area contributed by atoms with Crippen LogP contribution in [0.3, 0.4) is 0 Å². The molecular weight excluding hydrogens is 239 g/mol. The monoisotopic (exact) mass is 252 g/mol. The average molecular weight is 252 g/mol. The van der Waals surface area contributed by atoms with Gasteiger partial charge in [0.05, 0.1) is 5.43 Å². The van der Waals surface area contributed by atoms with Crippen molar-refractivity contribution in [2.45, 2.75) is 0 Å². The summed E-state index contributed by atoms with van der Waals surface area (Å²) in [5.74, 6) is 0. The van der Waals surface area contributed by atoms with Crippen LogP contribution in [0.25, 0.3) is 22.0 Å². The SMILES string of the molecule is Cn1nc(-c2ccccc2)pc1-c1ccccc1. The van der Waals surface area contributed by atoms with Gasteiger partial charge in [-0.05, 0) is 8.19 Å².